The molecule has 0 aromatic carbocycles. The van der Waals surface area contributed by atoms with Gasteiger partial charge in [0.15, 0.2) is 0 Å². The van der Waals surface area contributed by atoms with Gasteiger partial charge in [-0.15, -0.1) is 0 Å². The maximum absolute atomic E-state index is 13.2. The molecule has 0 aromatic heterocycles. The molecule has 1 rings (SSSR count). The van der Waals surface area contributed by atoms with Gasteiger partial charge in [-0.25, -0.2) is 8.78 Å². The van der Waals surface area contributed by atoms with Crippen LogP contribution in [0.25, 0.3) is 0 Å². The van der Waals surface area contributed by atoms with Crippen molar-refractivity contribution in [3.8, 4) is 0 Å². The monoisotopic (exact) mass is 261 g/mol. The zero-order valence-electron chi connectivity index (χ0n) is 12.3. The van der Waals surface area contributed by atoms with Crippen LogP contribution in [0, 0.1) is 17.8 Å². The van der Waals surface area contributed by atoms with Crippen LogP contribution in [0.2, 0.25) is 0 Å². The van der Waals surface area contributed by atoms with Crippen molar-refractivity contribution in [3.05, 3.63) is 0 Å². The van der Waals surface area contributed by atoms with Crippen LogP contribution in [0.15, 0.2) is 0 Å². The van der Waals surface area contributed by atoms with Crippen molar-refractivity contribution >= 4 is 0 Å². The van der Waals surface area contributed by atoms with Crippen molar-refractivity contribution in [2.45, 2.75) is 71.8 Å². The quantitative estimate of drug-likeness (QED) is 0.713. The largest absolute Gasteiger partial charge is 0.314 e. The van der Waals surface area contributed by atoms with E-state index in [1.165, 1.54) is 0 Å². The summed E-state index contributed by atoms with van der Waals surface area (Å²) < 4.78 is 26.4. The fourth-order valence-electron chi connectivity index (χ4n) is 3.05. The molecule has 1 N–H and O–H groups in total. The van der Waals surface area contributed by atoms with E-state index in [0.717, 1.165) is 19.4 Å². The zero-order chi connectivity index (χ0) is 13.8. The minimum absolute atomic E-state index is 0.101. The van der Waals surface area contributed by atoms with E-state index in [9.17, 15) is 8.78 Å². The Labute approximate surface area is 111 Å². The second kappa shape index (κ2) is 6.83. The smallest absolute Gasteiger partial charge is 0.248 e. The summed E-state index contributed by atoms with van der Waals surface area (Å²) in [5.74, 6) is -0.965. The predicted octanol–water partition coefficient (Wildman–Crippen LogP) is 4.47. The van der Waals surface area contributed by atoms with Gasteiger partial charge in [-0.2, -0.15) is 0 Å². The summed E-state index contributed by atoms with van der Waals surface area (Å²) in [5, 5.41) is 3.46. The molecule has 1 fully saturated rings. The van der Waals surface area contributed by atoms with Crippen molar-refractivity contribution in [2.75, 3.05) is 6.54 Å². The fourth-order valence-corrected chi connectivity index (χ4v) is 3.05. The molecule has 0 spiro atoms. The second-order valence-electron chi connectivity index (χ2n) is 6.76. The van der Waals surface area contributed by atoms with Gasteiger partial charge >= 0.3 is 0 Å². The highest BCUT2D eigenvalue weighted by molar-refractivity contribution is 4.83. The van der Waals surface area contributed by atoms with Crippen LogP contribution in [-0.4, -0.2) is 18.5 Å². The number of halogens is 2. The van der Waals surface area contributed by atoms with Gasteiger partial charge in [-0.05, 0) is 43.6 Å². The van der Waals surface area contributed by atoms with Crippen LogP contribution in [0.1, 0.15) is 59.8 Å². The summed E-state index contributed by atoms with van der Waals surface area (Å²) in [6, 6.07) is 0.477. The highest BCUT2D eigenvalue weighted by Crippen LogP contribution is 2.42. The Hall–Kier alpha value is -0.180. The third-order valence-electron chi connectivity index (χ3n) is 3.79. The van der Waals surface area contributed by atoms with Gasteiger partial charge in [-0.1, -0.05) is 27.7 Å². The second-order valence-corrected chi connectivity index (χ2v) is 6.76. The van der Waals surface area contributed by atoms with Crippen LogP contribution >= 0.6 is 0 Å². The molecule has 1 aliphatic rings. The first-order chi connectivity index (χ1) is 8.28. The molecule has 0 bridgehead atoms. The molecule has 108 valence electrons. The van der Waals surface area contributed by atoms with Gasteiger partial charge in [0.1, 0.15) is 0 Å². The Morgan fingerprint density at radius 2 is 1.89 bits per heavy atom. The van der Waals surface area contributed by atoms with Crippen LogP contribution < -0.4 is 5.32 Å². The minimum Gasteiger partial charge on any atom is -0.314 e. The van der Waals surface area contributed by atoms with Gasteiger partial charge in [0, 0.05) is 18.9 Å². The van der Waals surface area contributed by atoms with Crippen LogP contribution in [0.4, 0.5) is 8.78 Å². The number of hydrogen-bond donors (Lipinski definition) is 1. The first kappa shape index (κ1) is 15.9. The lowest BCUT2D eigenvalue weighted by Gasteiger charge is -2.24. The number of hydrogen-bond acceptors (Lipinski definition) is 1. The van der Waals surface area contributed by atoms with Crippen molar-refractivity contribution in [1.82, 2.24) is 5.32 Å². The van der Waals surface area contributed by atoms with E-state index in [-0.39, 0.29) is 18.8 Å². The van der Waals surface area contributed by atoms with Gasteiger partial charge in [0.2, 0.25) is 5.92 Å². The molecule has 0 heterocycles. The van der Waals surface area contributed by atoms with Crippen LogP contribution in [-0.2, 0) is 0 Å². The molecule has 2 atom stereocenters. The molecule has 1 saturated carbocycles. The molecule has 0 saturated heterocycles. The third kappa shape index (κ3) is 6.12. The molecule has 1 nitrogen and oxygen atoms in total. The molecular weight excluding hydrogens is 232 g/mol. The van der Waals surface area contributed by atoms with E-state index in [1.807, 2.05) is 0 Å². The molecule has 2 unspecified atom stereocenters. The molecule has 0 radical (unpaired) electrons. The van der Waals surface area contributed by atoms with E-state index < -0.39 is 5.92 Å². The lowest BCUT2D eigenvalue weighted by atomic mass is 9.87. The lowest BCUT2D eigenvalue weighted by Crippen LogP contribution is -2.30. The summed E-state index contributed by atoms with van der Waals surface area (Å²) in [6.07, 6.45) is 3.03. The summed E-state index contributed by atoms with van der Waals surface area (Å²) in [7, 11) is 0. The lowest BCUT2D eigenvalue weighted by molar-refractivity contribution is 0.00391. The van der Waals surface area contributed by atoms with Gasteiger partial charge in [-0.3, -0.25) is 0 Å². The van der Waals surface area contributed by atoms with E-state index in [0.29, 0.717) is 24.3 Å². The molecule has 0 amide bonds. The van der Waals surface area contributed by atoms with Crippen LogP contribution in [0.5, 0.6) is 0 Å². The number of rotatable bonds is 7. The number of alkyl halides is 2. The summed E-state index contributed by atoms with van der Waals surface area (Å²) in [5.41, 5.74) is 0. The van der Waals surface area contributed by atoms with E-state index >= 15 is 0 Å². The molecule has 0 aromatic rings. The van der Waals surface area contributed by atoms with E-state index in [2.05, 4.69) is 33.0 Å². The fraction of sp³-hybridized carbons (Fsp3) is 1.00. The number of nitrogens with one attached hydrogen (secondary N) is 1. The van der Waals surface area contributed by atoms with Crippen LogP contribution in [0.3, 0.4) is 0 Å². The first-order valence-corrected chi connectivity index (χ1v) is 7.39. The topological polar surface area (TPSA) is 12.0 Å². The van der Waals surface area contributed by atoms with E-state index in [1.54, 1.807) is 0 Å². The summed E-state index contributed by atoms with van der Waals surface area (Å²) in [6.45, 7) is 9.67. The van der Waals surface area contributed by atoms with Crippen molar-refractivity contribution < 1.29 is 8.78 Å². The third-order valence-corrected chi connectivity index (χ3v) is 3.79. The Balaban J connectivity index is 2.40. The maximum atomic E-state index is 13.2. The Bertz CT molecular complexity index is 239. The SMILES string of the molecule is CC(C)CC(CNC(C)C)CC1CCC(F)(F)C1. The van der Waals surface area contributed by atoms with Crippen molar-refractivity contribution in [1.29, 1.82) is 0 Å². The average Bonchev–Trinajstić information content (AvgIpc) is 2.53. The first-order valence-electron chi connectivity index (χ1n) is 7.39. The molecule has 18 heavy (non-hydrogen) atoms. The Morgan fingerprint density at radius 1 is 1.22 bits per heavy atom. The Kier molecular flexibility index (Phi) is 6.03. The maximum Gasteiger partial charge on any atom is 0.248 e. The summed E-state index contributed by atoms with van der Waals surface area (Å²) >= 11 is 0. The van der Waals surface area contributed by atoms with Gasteiger partial charge in [0.05, 0.1) is 0 Å². The highest BCUT2D eigenvalue weighted by Gasteiger charge is 2.39. The molecular formula is C15H29F2N. The van der Waals surface area contributed by atoms with Gasteiger partial charge in [0.25, 0.3) is 0 Å². The van der Waals surface area contributed by atoms with E-state index in [4.69, 9.17) is 0 Å². The average molecular weight is 261 g/mol. The predicted molar refractivity (Wildman–Crippen MR) is 73.0 cm³/mol. The minimum atomic E-state index is -2.39. The highest BCUT2D eigenvalue weighted by atomic mass is 19.3. The molecule has 3 heteroatoms. The van der Waals surface area contributed by atoms with Crippen molar-refractivity contribution in [3.63, 3.8) is 0 Å². The van der Waals surface area contributed by atoms with Crippen molar-refractivity contribution in [2.24, 2.45) is 17.8 Å². The summed E-state index contributed by atoms with van der Waals surface area (Å²) in [4.78, 5) is 0. The Morgan fingerprint density at radius 3 is 2.33 bits per heavy atom. The molecule has 0 aliphatic heterocycles. The molecule has 1 aliphatic carbocycles. The standard InChI is InChI=1S/C15H29F2N/c1-11(2)7-14(10-18-12(3)4)8-13-5-6-15(16,17)9-13/h11-14,18H,5-10H2,1-4H3. The van der Waals surface area contributed by atoms with Gasteiger partial charge < -0.3 is 5.32 Å². The zero-order valence-corrected chi connectivity index (χ0v) is 12.3. The normalized spacial score (nSPS) is 25.0.